The highest BCUT2D eigenvalue weighted by Gasteiger charge is 2.28. The molecule has 18 heavy (non-hydrogen) atoms. The van der Waals surface area contributed by atoms with Crippen LogP contribution in [0, 0.1) is 5.41 Å². The maximum Gasteiger partial charge on any atom is 0.312 e. The van der Waals surface area contributed by atoms with Gasteiger partial charge in [-0.25, -0.2) is 8.78 Å². The summed E-state index contributed by atoms with van der Waals surface area (Å²) in [7, 11) is 0. The van der Waals surface area contributed by atoms with E-state index in [4.69, 9.17) is 4.74 Å². The zero-order valence-corrected chi connectivity index (χ0v) is 11.2. The zero-order valence-electron chi connectivity index (χ0n) is 11.2. The Morgan fingerprint density at radius 1 is 1.06 bits per heavy atom. The van der Waals surface area contributed by atoms with E-state index in [-0.39, 0.29) is 13.2 Å². The van der Waals surface area contributed by atoms with Crippen molar-refractivity contribution in [1.82, 2.24) is 0 Å². The molecule has 0 N–H and O–H groups in total. The average molecular weight is 266 g/mol. The summed E-state index contributed by atoms with van der Waals surface area (Å²) in [6.45, 7) is 5.63. The van der Waals surface area contributed by atoms with E-state index in [0.29, 0.717) is 13.3 Å². The minimum Gasteiger partial charge on any atom is -0.462 e. The van der Waals surface area contributed by atoms with Gasteiger partial charge >= 0.3 is 11.9 Å². The van der Waals surface area contributed by atoms with E-state index >= 15 is 0 Å². The lowest BCUT2D eigenvalue weighted by Crippen LogP contribution is -2.27. The number of hydrogen-bond acceptors (Lipinski definition) is 4. The minimum atomic E-state index is -3.09. The first-order chi connectivity index (χ1) is 8.08. The molecule has 0 aromatic heterocycles. The van der Waals surface area contributed by atoms with Crippen molar-refractivity contribution in [1.29, 1.82) is 0 Å². The van der Waals surface area contributed by atoms with Crippen LogP contribution in [-0.4, -0.2) is 31.1 Å². The molecule has 0 bridgehead atoms. The van der Waals surface area contributed by atoms with Gasteiger partial charge in [0.1, 0.15) is 19.6 Å². The van der Waals surface area contributed by atoms with Gasteiger partial charge in [-0.15, -0.1) is 0 Å². The number of esters is 2. The Hall–Kier alpha value is -1.20. The Balaban J connectivity index is 3.82. The Bertz CT molecular complexity index is 295. The highest BCUT2D eigenvalue weighted by atomic mass is 19.3. The summed E-state index contributed by atoms with van der Waals surface area (Å²) in [5.74, 6) is -4.49. The van der Waals surface area contributed by atoms with Crippen molar-refractivity contribution in [3.05, 3.63) is 0 Å². The van der Waals surface area contributed by atoms with E-state index in [2.05, 4.69) is 4.74 Å². The highest BCUT2D eigenvalue weighted by molar-refractivity contribution is 5.75. The van der Waals surface area contributed by atoms with Crippen molar-refractivity contribution in [3.63, 3.8) is 0 Å². The summed E-state index contributed by atoms with van der Waals surface area (Å²) in [5.41, 5.74) is -0.597. The van der Waals surface area contributed by atoms with Crippen LogP contribution in [0.2, 0.25) is 0 Å². The number of carbonyl (C=O) groups is 2. The number of ether oxygens (including phenoxy) is 2. The fraction of sp³-hybridized carbons (Fsp3) is 0.833. The lowest BCUT2D eigenvalue weighted by atomic mass is 9.91. The van der Waals surface area contributed by atoms with Crippen molar-refractivity contribution in [3.8, 4) is 0 Å². The van der Waals surface area contributed by atoms with Crippen molar-refractivity contribution in [2.45, 2.75) is 46.5 Å². The van der Waals surface area contributed by atoms with E-state index in [0.717, 1.165) is 0 Å². The Labute approximate surface area is 106 Å². The third kappa shape index (κ3) is 7.19. The second-order valence-corrected chi connectivity index (χ2v) is 4.84. The van der Waals surface area contributed by atoms with Crippen molar-refractivity contribution < 1.29 is 27.8 Å². The summed E-state index contributed by atoms with van der Waals surface area (Å²) in [6, 6.07) is 0. The van der Waals surface area contributed by atoms with Gasteiger partial charge in [0.2, 0.25) is 0 Å². The van der Waals surface area contributed by atoms with Gasteiger partial charge in [0.25, 0.3) is 5.92 Å². The lowest BCUT2D eigenvalue weighted by Gasteiger charge is -2.20. The number of carbonyl (C=O) groups excluding carboxylic acids is 2. The maximum atomic E-state index is 12.4. The largest absolute Gasteiger partial charge is 0.462 e. The molecule has 4 nitrogen and oxygen atoms in total. The monoisotopic (exact) mass is 266 g/mol. The molecule has 0 heterocycles. The van der Waals surface area contributed by atoms with E-state index in [1.54, 1.807) is 13.8 Å². The van der Waals surface area contributed by atoms with Gasteiger partial charge in [-0.05, 0) is 27.2 Å². The quantitative estimate of drug-likeness (QED) is 0.525. The fourth-order valence-corrected chi connectivity index (χ4v) is 0.934. The van der Waals surface area contributed by atoms with Crippen molar-refractivity contribution >= 4 is 11.9 Å². The first-order valence-electron chi connectivity index (χ1n) is 5.79. The standard InChI is InChI=1S/C12H20F2O4/c1-5-11(2,3)10(16)18-7-6-17-9(15)8-12(4,13)14/h5-8H2,1-4H3. The summed E-state index contributed by atoms with van der Waals surface area (Å²) in [4.78, 5) is 22.4. The molecule has 106 valence electrons. The summed E-state index contributed by atoms with van der Waals surface area (Å²) in [6.07, 6.45) is -0.352. The second-order valence-electron chi connectivity index (χ2n) is 4.84. The Kier molecular flexibility index (Phi) is 6.21. The van der Waals surface area contributed by atoms with E-state index in [9.17, 15) is 18.4 Å². The number of hydrogen-bond donors (Lipinski definition) is 0. The summed E-state index contributed by atoms with van der Waals surface area (Å²) in [5, 5.41) is 0. The molecule has 0 atom stereocenters. The van der Waals surface area contributed by atoms with Gasteiger partial charge in [0.15, 0.2) is 0 Å². The predicted octanol–water partition coefficient (Wildman–Crippen LogP) is 2.55. The normalized spacial score (nSPS) is 12.1. The molecule has 0 radical (unpaired) electrons. The van der Waals surface area contributed by atoms with Crippen LogP contribution in [0.15, 0.2) is 0 Å². The van der Waals surface area contributed by atoms with E-state index in [1.807, 2.05) is 6.92 Å². The van der Waals surface area contributed by atoms with Crippen LogP contribution in [0.4, 0.5) is 8.78 Å². The maximum absolute atomic E-state index is 12.4. The fourth-order valence-electron chi connectivity index (χ4n) is 0.934. The van der Waals surface area contributed by atoms with Crippen LogP contribution >= 0.6 is 0 Å². The van der Waals surface area contributed by atoms with Crippen LogP contribution in [0.3, 0.4) is 0 Å². The van der Waals surface area contributed by atoms with Crippen molar-refractivity contribution in [2.75, 3.05) is 13.2 Å². The molecule has 0 spiro atoms. The lowest BCUT2D eigenvalue weighted by molar-refractivity contribution is -0.161. The highest BCUT2D eigenvalue weighted by Crippen LogP contribution is 2.21. The summed E-state index contributed by atoms with van der Waals surface area (Å²) < 4.78 is 34.2. The molecule has 0 unspecified atom stereocenters. The van der Waals surface area contributed by atoms with Gasteiger partial charge in [0.05, 0.1) is 5.41 Å². The van der Waals surface area contributed by atoms with Crippen LogP contribution in [0.25, 0.3) is 0 Å². The zero-order chi connectivity index (χ0) is 14.4. The second kappa shape index (κ2) is 6.66. The molecule has 0 aliphatic carbocycles. The molecule has 0 aliphatic heterocycles. The third-order valence-corrected chi connectivity index (χ3v) is 2.47. The molecule has 0 aliphatic rings. The molecular weight excluding hydrogens is 246 g/mol. The van der Waals surface area contributed by atoms with Crippen molar-refractivity contribution in [2.24, 2.45) is 5.41 Å². The SMILES string of the molecule is CCC(C)(C)C(=O)OCCOC(=O)CC(C)(F)F. The van der Waals surface area contributed by atoms with E-state index in [1.165, 1.54) is 0 Å². The number of alkyl halides is 2. The number of halogens is 2. The minimum absolute atomic E-state index is 0.122. The first kappa shape index (κ1) is 16.8. The summed E-state index contributed by atoms with van der Waals surface area (Å²) >= 11 is 0. The van der Waals surface area contributed by atoms with Gasteiger partial charge in [-0.1, -0.05) is 6.92 Å². The van der Waals surface area contributed by atoms with Gasteiger partial charge in [0, 0.05) is 0 Å². The topological polar surface area (TPSA) is 52.6 Å². The molecule has 0 saturated carbocycles. The van der Waals surface area contributed by atoms with Gasteiger partial charge in [-0.2, -0.15) is 0 Å². The van der Waals surface area contributed by atoms with Crippen LogP contribution in [0.1, 0.15) is 40.5 Å². The first-order valence-corrected chi connectivity index (χ1v) is 5.79. The molecular formula is C12H20F2O4. The molecule has 0 saturated heterocycles. The molecule has 0 aromatic carbocycles. The smallest absolute Gasteiger partial charge is 0.312 e. The van der Waals surface area contributed by atoms with Crippen LogP contribution in [0.5, 0.6) is 0 Å². The number of rotatable bonds is 7. The third-order valence-electron chi connectivity index (χ3n) is 2.47. The molecule has 0 aromatic rings. The van der Waals surface area contributed by atoms with Crippen LogP contribution < -0.4 is 0 Å². The van der Waals surface area contributed by atoms with E-state index < -0.39 is 29.7 Å². The predicted molar refractivity (Wildman–Crippen MR) is 61.2 cm³/mol. The van der Waals surface area contributed by atoms with Crippen LogP contribution in [-0.2, 0) is 19.1 Å². The Morgan fingerprint density at radius 3 is 2.00 bits per heavy atom. The molecule has 0 rings (SSSR count). The molecule has 0 amide bonds. The van der Waals surface area contributed by atoms with Gasteiger partial charge in [-0.3, -0.25) is 9.59 Å². The average Bonchev–Trinajstić information content (AvgIpc) is 2.21. The molecule has 0 fully saturated rings. The van der Waals surface area contributed by atoms with Gasteiger partial charge < -0.3 is 9.47 Å². The molecule has 6 heteroatoms. The Morgan fingerprint density at radius 2 is 1.56 bits per heavy atom.